The lowest BCUT2D eigenvalue weighted by molar-refractivity contribution is -0.136. The highest BCUT2D eigenvalue weighted by Gasteiger charge is 2.33. The molecule has 0 saturated carbocycles. The highest BCUT2D eigenvalue weighted by molar-refractivity contribution is 7.90. The molecule has 162 valence electrons. The fraction of sp³-hybridized carbons (Fsp3) is 0.435. The van der Waals surface area contributed by atoms with Crippen LogP contribution in [-0.4, -0.2) is 31.4 Å². The second kappa shape index (κ2) is 7.95. The molecular formula is C23H28O6S. The fourth-order valence-corrected chi connectivity index (χ4v) is 4.47. The summed E-state index contributed by atoms with van der Waals surface area (Å²) in [4.78, 5) is 11.1. The number of aliphatic carboxylic acids is 1. The van der Waals surface area contributed by atoms with Crippen LogP contribution in [0.4, 0.5) is 0 Å². The first-order valence-corrected chi connectivity index (χ1v) is 11.7. The predicted molar refractivity (Wildman–Crippen MR) is 114 cm³/mol. The van der Waals surface area contributed by atoms with E-state index in [1.54, 1.807) is 12.1 Å². The van der Waals surface area contributed by atoms with Crippen molar-refractivity contribution in [3.63, 3.8) is 0 Å². The quantitative estimate of drug-likeness (QED) is 0.711. The van der Waals surface area contributed by atoms with Crippen LogP contribution in [0.1, 0.15) is 48.1 Å². The van der Waals surface area contributed by atoms with Gasteiger partial charge in [0.05, 0.1) is 4.90 Å². The summed E-state index contributed by atoms with van der Waals surface area (Å²) in [5.74, 6) is 0.553. The summed E-state index contributed by atoms with van der Waals surface area (Å²) in [6, 6.07) is 7.04. The summed E-state index contributed by atoms with van der Waals surface area (Å²) < 4.78 is 36.4. The average Bonchev–Trinajstić information content (AvgIpc) is 2.95. The highest BCUT2D eigenvalue weighted by atomic mass is 32.2. The van der Waals surface area contributed by atoms with Crippen molar-refractivity contribution in [2.45, 2.75) is 64.1 Å². The molecule has 3 rings (SSSR count). The number of rotatable bonds is 7. The van der Waals surface area contributed by atoms with E-state index in [0.29, 0.717) is 29.9 Å². The van der Waals surface area contributed by atoms with E-state index >= 15 is 0 Å². The van der Waals surface area contributed by atoms with Crippen molar-refractivity contribution >= 4 is 15.8 Å². The molecule has 0 atom stereocenters. The molecule has 1 heterocycles. The maximum Gasteiger partial charge on any atom is 0.303 e. The van der Waals surface area contributed by atoms with Gasteiger partial charge in [-0.3, -0.25) is 4.79 Å². The molecular weight excluding hydrogens is 404 g/mol. The van der Waals surface area contributed by atoms with Crippen LogP contribution in [0.5, 0.6) is 11.5 Å². The van der Waals surface area contributed by atoms with Gasteiger partial charge in [-0.15, -0.1) is 0 Å². The third-order valence-electron chi connectivity index (χ3n) is 5.48. The van der Waals surface area contributed by atoms with Gasteiger partial charge in [0.1, 0.15) is 23.7 Å². The first kappa shape index (κ1) is 22.2. The van der Waals surface area contributed by atoms with Gasteiger partial charge in [0.2, 0.25) is 0 Å². The first-order valence-electron chi connectivity index (χ1n) is 9.86. The largest absolute Gasteiger partial charge is 0.488 e. The Hall–Kier alpha value is -2.54. The van der Waals surface area contributed by atoms with Gasteiger partial charge in [0, 0.05) is 24.7 Å². The van der Waals surface area contributed by atoms with E-state index in [0.717, 1.165) is 22.3 Å². The zero-order valence-electron chi connectivity index (χ0n) is 18.0. The zero-order chi connectivity index (χ0) is 22.3. The number of ether oxygens (including phenoxy) is 2. The van der Waals surface area contributed by atoms with Crippen LogP contribution in [0.3, 0.4) is 0 Å². The van der Waals surface area contributed by atoms with Gasteiger partial charge in [0.15, 0.2) is 9.84 Å². The Labute approximate surface area is 177 Å². The number of carbonyl (C=O) groups is 1. The van der Waals surface area contributed by atoms with Crippen molar-refractivity contribution < 1.29 is 27.8 Å². The molecule has 0 fully saturated rings. The number of fused-ring (bicyclic) bond motifs is 1. The molecule has 2 aromatic rings. The van der Waals surface area contributed by atoms with Crippen molar-refractivity contribution in [1.29, 1.82) is 0 Å². The molecule has 0 amide bonds. The van der Waals surface area contributed by atoms with Crippen molar-refractivity contribution in [3.05, 3.63) is 52.1 Å². The Morgan fingerprint density at radius 1 is 1.17 bits per heavy atom. The second-order valence-electron chi connectivity index (χ2n) is 8.54. The van der Waals surface area contributed by atoms with Crippen LogP contribution >= 0.6 is 0 Å². The minimum Gasteiger partial charge on any atom is -0.488 e. The van der Waals surface area contributed by atoms with Gasteiger partial charge >= 0.3 is 5.97 Å². The van der Waals surface area contributed by atoms with Crippen molar-refractivity contribution in [1.82, 2.24) is 0 Å². The van der Waals surface area contributed by atoms with E-state index in [2.05, 4.69) is 0 Å². The van der Waals surface area contributed by atoms with E-state index in [4.69, 9.17) is 14.6 Å². The number of benzene rings is 2. The van der Waals surface area contributed by atoms with Crippen molar-refractivity contribution in [2.24, 2.45) is 0 Å². The minimum absolute atomic E-state index is 0.0814. The Balaban J connectivity index is 1.88. The van der Waals surface area contributed by atoms with Gasteiger partial charge in [-0.25, -0.2) is 8.42 Å². The normalized spacial score (nSPS) is 14.8. The van der Waals surface area contributed by atoms with E-state index in [1.165, 1.54) is 6.26 Å². The van der Waals surface area contributed by atoms with E-state index in [9.17, 15) is 13.2 Å². The maximum atomic E-state index is 12.1. The smallest absolute Gasteiger partial charge is 0.303 e. The van der Waals surface area contributed by atoms with Crippen LogP contribution in [0.25, 0.3) is 0 Å². The van der Waals surface area contributed by atoms with Gasteiger partial charge < -0.3 is 14.6 Å². The molecule has 0 spiro atoms. The molecule has 7 heteroatoms. The van der Waals surface area contributed by atoms with Crippen LogP contribution in [0.15, 0.2) is 29.2 Å². The first-order chi connectivity index (χ1) is 13.9. The SMILES string of the molecule is Cc1c(CCC(=O)O)ccc(OCc2cc(S(C)(=O)=O)cc3c2OC(C)(C)C3)c1C. The Kier molecular flexibility index (Phi) is 5.87. The summed E-state index contributed by atoms with van der Waals surface area (Å²) in [5.41, 5.74) is 4.10. The number of carboxylic acids is 1. The molecule has 1 N–H and O–H groups in total. The molecule has 1 aliphatic heterocycles. The number of hydrogen-bond donors (Lipinski definition) is 1. The Bertz CT molecular complexity index is 1100. The average molecular weight is 433 g/mol. The number of hydrogen-bond acceptors (Lipinski definition) is 5. The van der Waals surface area contributed by atoms with Gasteiger partial charge in [-0.2, -0.15) is 0 Å². The fourth-order valence-electron chi connectivity index (χ4n) is 3.75. The molecule has 1 aliphatic rings. The summed E-state index contributed by atoms with van der Waals surface area (Å²) >= 11 is 0. The zero-order valence-corrected chi connectivity index (χ0v) is 18.9. The molecule has 6 nitrogen and oxygen atoms in total. The molecule has 0 saturated heterocycles. The molecule has 0 radical (unpaired) electrons. The lowest BCUT2D eigenvalue weighted by Gasteiger charge is -2.19. The predicted octanol–water partition coefficient (Wildman–Crippen LogP) is 4.02. The van der Waals surface area contributed by atoms with Crippen molar-refractivity contribution in [2.75, 3.05) is 6.26 Å². The molecule has 30 heavy (non-hydrogen) atoms. The third-order valence-corrected chi connectivity index (χ3v) is 6.57. The van der Waals surface area contributed by atoms with Gasteiger partial charge in [-0.05, 0) is 74.6 Å². The Morgan fingerprint density at radius 2 is 1.87 bits per heavy atom. The summed E-state index contributed by atoms with van der Waals surface area (Å²) in [6.07, 6.45) is 2.38. The van der Waals surface area contributed by atoms with Crippen LogP contribution in [-0.2, 0) is 34.1 Å². The lowest BCUT2D eigenvalue weighted by Crippen LogP contribution is -2.25. The Morgan fingerprint density at radius 3 is 2.50 bits per heavy atom. The number of carboxylic acid groups (broad SMARTS) is 1. The monoisotopic (exact) mass is 432 g/mol. The molecule has 2 aromatic carbocycles. The summed E-state index contributed by atoms with van der Waals surface area (Å²) in [6.45, 7) is 8.01. The molecule has 0 bridgehead atoms. The molecule has 0 aliphatic carbocycles. The van der Waals surface area contributed by atoms with Crippen molar-refractivity contribution in [3.8, 4) is 11.5 Å². The highest BCUT2D eigenvalue weighted by Crippen LogP contribution is 2.40. The van der Waals surface area contributed by atoms with Crippen LogP contribution in [0, 0.1) is 13.8 Å². The number of aryl methyl sites for hydroxylation is 1. The van der Waals surface area contributed by atoms with Gasteiger partial charge in [0.25, 0.3) is 0 Å². The topological polar surface area (TPSA) is 89.9 Å². The third kappa shape index (κ3) is 4.78. The van der Waals surface area contributed by atoms with Gasteiger partial charge in [-0.1, -0.05) is 6.07 Å². The lowest BCUT2D eigenvalue weighted by atomic mass is 9.99. The summed E-state index contributed by atoms with van der Waals surface area (Å²) in [5, 5.41) is 8.91. The summed E-state index contributed by atoms with van der Waals surface area (Å²) in [7, 11) is -3.36. The van der Waals surface area contributed by atoms with Crippen LogP contribution < -0.4 is 9.47 Å². The van der Waals surface area contributed by atoms with E-state index in [-0.39, 0.29) is 17.9 Å². The van der Waals surface area contributed by atoms with E-state index < -0.39 is 21.4 Å². The molecule has 0 aromatic heterocycles. The van der Waals surface area contributed by atoms with Crippen LogP contribution in [0.2, 0.25) is 0 Å². The van der Waals surface area contributed by atoms with E-state index in [1.807, 2.05) is 39.8 Å². The second-order valence-corrected chi connectivity index (χ2v) is 10.6. The maximum absolute atomic E-state index is 12.1. The molecule has 0 unspecified atom stereocenters. The number of sulfone groups is 1. The minimum atomic E-state index is -3.36. The standard InChI is InChI=1S/C23H28O6S/c1-14-15(2)20(8-6-16(14)7-9-21(24)25)28-13-18-11-19(30(5,26)27)10-17-12-23(3,4)29-22(17)18/h6,8,10-11H,7,9,12-13H2,1-5H3,(H,24,25).